The van der Waals surface area contributed by atoms with E-state index in [4.69, 9.17) is 26.0 Å². The number of carbonyl (C=O) groups is 2. The van der Waals surface area contributed by atoms with Gasteiger partial charge in [-0.2, -0.15) is 0 Å². The first kappa shape index (κ1) is 23.3. The van der Waals surface area contributed by atoms with Crippen LogP contribution in [-0.4, -0.2) is 66.4 Å². The quantitative estimate of drug-likeness (QED) is 0.511. The van der Waals surface area contributed by atoms with Gasteiger partial charge in [-0.3, -0.25) is 14.5 Å². The SMILES string of the molecule is O=C(Nc1ccc(N2CCOCC2)c(Cl)c1)c1cc(-c2ccc(CN3CC(C(=O)O)C3)cc2)on1. The maximum atomic E-state index is 12.7. The number of hydrogen-bond acceptors (Lipinski definition) is 7. The van der Waals surface area contributed by atoms with Crippen LogP contribution in [0.3, 0.4) is 0 Å². The molecule has 3 heterocycles. The van der Waals surface area contributed by atoms with Gasteiger partial charge < -0.3 is 24.6 Å². The molecule has 3 aromatic rings. The number of halogens is 1. The summed E-state index contributed by atoms with van der Waals surface area (Å²) in [6.45, 7) is 4.71. The molecule has 2 N–H and O–H groups in total. The van der Waals surface area contributed by atoms with Gasteiger partial charge in [0.2, 0.25) is 0 Å². The number of carboxylic acids is 1. The van der Waals surface area contributed by atoms with Crippen molar-refractivity contribution in [1.29, 1.82) is 0 Å². The highest BCUT2D eigenvalue weighted by Gasteiger charge is 2.32. The highest BCUT2D eigenvalue weighted by Crippen LogP contribution is 2.30. The van der Waals surface area contributed by atoms with E-state index in [2.05, 4.69) is 20.3 Å². The summed E-state index contributed by atoms with van der Waals surface area (Å²) in [7, 11) is 0. The zero-order valence-electron chi connectivity index (χ0n) is 18.9. The molecule has 1 amide bonds. The third-order valence-electron chi connectivity index (χ3n) is 6.25. The Balaban J connectivity index is 1.19. The number of aliphatic carboxylic acids is 1. The molecule has 182 valence electrons. The van der Waals surface area contributed by atoms with E-state index in [0.717, 1.165) is 29.9 Å². The molecule has 10 heteroatoms. The number of benzene rings is 2. The number of nitrogens with zero attached hydrogens (tertiary/aromatic N) is 3. The molecule has 1 aromatic heterocycles. The fourth-order valence-electron chi connectivity index (χ4n) is 4.25. The van der Waals surface area contributed by atoms with Crippen LogP contribution < -0.4 is 10.2 Å². The first-order valence-electron chi connectivity index (χ1n) is 11.4. The van der Waals surface area contributed by atoms with Gasteiger partial charge >= 0.3 is 5.97 Å². The summed E-state index contributed by atoms with van der Waals surface area (Å²) in [5.41, 5.74) is 3.52. The zero-order chi connectivity index (χ0) is 24.4. The molecule has 2 aromatic carbocycles. The van der Waals surface area contributed by atoms with Crippen LogP contribution in [0.2, 0.25) is 5.02 Å². The van der Waals surface area contributed by atoms with E-state index in [-0.39, 0.29) is 11.6 Å². The smallest absolute Gasteiger partial charge is 0.309 e. The molecule has 0 unspecified atom stereocenters. The standard InChI is InChI=1S/C25H25ClN4O5/c26-20-11-19(5-6-22(20)30-7-9-34-10-8-30)27-24(31)21-12-23(35-28-21)17-3-1-16(2-4-17)13-29-14-18(15-29)25(32)33/h1-6,11-12,18H,7-10,13-15H2,(H,27,31)(H,32,33). The third-order valence-corrected chi connectivity index (χ3v) is 6.55. The number of carbonyl (C=O) groups excluding carboxylic acids is 1. The Kier molecular flexibility index (Phi) is 6.72. The fourth-order valence-corrected chi connectivity index (χ4v) is 4.55. The van der Waals surface area contributed by atoms with E-state index in [1.54, 1.807) is 12.1 Å². The molecular formula is C25H25ClN4O5. The number of hydrogen-bond donors (Lipinski definition) is 2. The second-order valence-corrected chi connectivity index (χ2v) is 9.13. The number of likely N-dealkylation sites (tertiary alicyclic amines) is 1. The predicted molar refractivity (Wildman–Crippen MR) is 131 cm³/mol. The van der Waals surface area contributed by atoms with Crippen molar-refractivity contribution in [1.82, 2.24) is 10.1 Å². The highest BCUT2D eigenvalue weighted by molar-refractivity contribution is 6.33. The Bertz CT molecular complexity index is 1220. The van der Waals surface area contributed by atoms with Gasteiger partial charge in [0, 0.05) is 50.0 Å². The fraction of sp³-hybridized carbons (Fsp3) is 0.320. The minimum Gasteiger partial charge on any atom is -0.481 e. The van der Waals surface area contributed by atoms with Crippen molar-refractivity contribution >= 4 is 34.9 Å². The Labute approximate surface area is 207 Å². The molecule has 9 nitrogen and oxygen atoms in total. The van der Waals surface area contributed by atoms with Crippen LogP contribution in [-0.2, 0) is 16.1 Å². The molecule has 35 heavy (non-hydrogen) atoms. The lowest BCUT2D eigenvalue weighted by Gasteiger charge is -2.36. The molecule has 2 aliphatic rings. The van der Waals surface area contributed by atoms with E-state index < -0.39 is 11.9 Å². The average molecular weight is 497 g/mol. The maximum Gasteiger partial charge on any atom is 0.309 e. The molecule has 0 spiro atoms. The number of nitrogens with one attached hydrogen (secondary N) is 1. The van der Waals surface area contributed by atoms with Gasteiger partial charge in [-0.05, 0) is 23.8 Å². The molecule has 0 bridgehead atoms. The van der Waals surface area contributed by atoms with Crippen molar-refractivity contribution in [3.05, 3.63) is 64.8 Å². The first-order chi connectivity index (χ1) is 17.0. The molecular weight excluding hydrogens is 472 g/mol. The summed E-state index contributed by atoms with van der Waals surface area (Å²) in [6, 6.07) is 14.7. The Morgan fingerprint density at radius 2 is 1.83 bits per heavy atom. The van der Waals surface area contributed by atoms with Crippen molar-refractivity contribution in [2.24, 2.45) is 5.92 Å². The number of amides is 1. The van der Waals surface area contributed by atoms with Crippen molar-refractivity contribution < 1.29 is 24.0 Å². The number of aromatic nitrogens is 1. The highest BCUT2D eigenvalue weighted by atomic mass is 35.5. The summed E-state index contributed by atoms with van der Waals surface area (Å²) >= 11 is 6.46. The summed E-state index contributed by atoms with van der Waals surface area (Å²) < 4.78 is 10.8. The Hall–Kier alpha value is -3.40. The van der Waals surface area contributed by atoms with Gasteiger partial charge in [0.25, 0.3) is 5.91 Å². The minimum atomic E-state index is -0.741. The lowest BCUT2D eigenvalue weighted by molar-refractivity contribution is -0.147. The number of carboxylic acid groups (broad SMARTS) is 1. The third kappa shape index (κ3) is 5.32. The number of morpholine rings is 1. The molecule has 2 fully saturated rings. The Morgan fingerprint density at radius 3 is 2.51 bits per heavy atom. The van der Waals surface area contributed by atoms with Crippen molar-refractivity contribution in [3.8, 4) is 11.3 Å². The van der Waals surface area contributed by atoms with Crippen molar-refractivity contribution in [3.63, 3.8) is 0 Å². The number of rotatable bonds is 7. The van der Waals surface area contributed by atoms with E-state index in [0.29, 0.717) is 49.3 Å². The molecule has 2 aliphatic heterocycles. The topological polar surface area (TPSA) is 108 Å². The van der Waals surface area contributed by atoms with E-state index >= 15 is 0 Å². The van der Waals surface area contributed by atoms with Gasteiger partial charge in [-0.15, -0.1) is 0 Å². The average Bonchev–Trinajstić information content (AvgIpc) is 3.32. The molecule has 2 saturated heterocycles. The van der Waals surface area contributed by atoms with E-state index in [9.17, 15) is 9.59 Å². The van der Waals surface area contributed by atoms with Crippen LogP contribution in [0.4, 0.5) is 11.4 Å². The molecule has 0 aliphatic carbocycles. The summed E-state index contributed by atoms with van der Waals surface area (Å²) in [5.74, 6) is -0.920. The van der Waals surface area contributed by atoms with Gasteiger partial charge in [0.15, 0.2) is 11.5 Å². The normalized spacial score (nSPS) is 16.7. The van der Waals surface area contributed by atoms with Crippen LogP contribution in [0.25, 0.3) is 11.3 Å². The maximum absolute atomic E-state index is 12.7. The van der Waals surface area contributed by atoms with Crippen LogP contribution >= 0.6 is 11.6 Å². The van der Waals surface area contributed by atoms with Gasteiger partial charge in [0.05, 0.1) is 29.8 Å². The molecule has 0 radical (unpaired) electrons. The first-order valence-corrected chi connectivity index (χ1v) is 11.8. The summed E-state index contributed by atoms with van der Waals surface area (Å²) in [4.78, 5) is 27.9. The Morgan fingerprint density at radius 1 is 1.09 bits per heavy atom. The second kappa shape index (κ2) is 10.1. The minimum absolute atomic E-state index is 0.165. The van der Waals surface area contributed by atoms with Crippen LogP contribution in [0.1, 0.15) is 16.1 Å². The van der Waals surface area contributed by atoms with Crippen molar-refractivity contribution in [2.75, 3.05) is 49.6 Å². The number of ether oxygens (including phenoxy) is 1. The zero-order valence-corrected chi connectivity index (χ0v) is 19.7. The lowest BCUT2D eigenvalue weighted by Crippen LogP contribution is -2.49. The van der Waals surface area contributed by atoms with Crippen LogP contribution in [0.15, 0.2) is 53.1 Å². The van der Waals surface area contributed by atoms with Gasteiger partial charge in [-0.25, -0.2) is 0 Å². The van der Waals surface area contributed by atoms with Crippen LogP contribution in [0.5, 0.6) is 0 Å². The second-order valence-electron chi connectivity index (χ2n) is 8.72. The molecule has 0 atom stereocenters. The monoisotopic (exact) mass is 496 g/mol. The lowest BCUT2D eigenvalue weighted by atomic mass is 9.99. The molecule has 0 saturated carbocycles. The largest absolute Gasteiger partial charge is 0.481 e. The summed E-state index contributed by atoms with van der Waals surface area (Å²) in [6.07, 6.45) is 0. The van der Waals surface area contributed by atoms with Crippen LogP contribution in [0, 0.1) is 5.92 Å². The summed E-state index contributed by atoms with van der Waals surface area (Å²) in [5, 5.41) is 16.3. The number of anilines is 2. The van der Waals surface area contributed by atoms with Crippen molar-refractivity contribution in [2.45, 2.75) is 6.54 Å². The molecule has 5 rings (SSSR count). The van der Waals surface area contributed by atoms with E-state index in [1.165, 1.54) is 0 Å². The van der Waals surface area contributed by atoms with E-state index in [1.807, 2.05) is 36.4 Å². The predicted octanol–water partition coefficient (Wildman–Crippen LogP) is 3.60. The van der Waals surface area contributed by atoms with Gasteiger partial charge in [0.1, 0.15) is 0 Å². The van der Waals surface area contributed by atoms with Gasteiger partial charge in [-0.1, -0.05) is 41.0 Å².